The highest BCUT2D eigenvalue weighted by atomic mass is 14.4. The fourth-order valence-electron chi connectivity index (χ4n) is 8.54. The minimum absolute atomic E-state index is 0.836. The lowest BCUT2D eigenvalue weighted by Crippen LogP contribution is -2.26. The van der Waals surface area contributed by atoms with E-state index in [0.29, 0.717) is 0 Å². The van der Waals surface area contributed by atoms with Crippen molar-refractivity contribution in [1.29, 1.82) is 0 Å². The SMILES string of the molecule is CCCCCCC[C@H]1CC[C@H](c2ccc(CC[C@H]3CC[C@H]([C@H]4CC[C@H](CCCC)CC4)CC3)cc2)CC1. The Hall–Kier alpha value is -0.780. The van der Waals surface area contributed by atoms with E-state index in [2.05, 4.69) is 38.1 Å². The summed E-state index contributed by atoms with van der Waals surface area (Å²) in [4.78, 5) is 0. The summed E-state index contributed by atoms with van der Waals surface area (Å²) in [6, 6.07) is 9.97. The van der Waals surface area contributed by atoms with E-state index >= 15 is 0 Å². The van der Waals surface area contributed by atoms with Crippen molar-refractivity contribution >= 4 is 0 Å². The summed E-state index contributed by atoms with van der Waals surface area (Å²) in [5.41, 5.74) is 3.23. The zero-order chi connectivity index (χ0) is 25.7. The van der Waals surface area contributed by atoms with Crippen molar-refractivity contribution in [3.63, 3.8) is 0 Å². The third-order valence-corrected chi connectivity index (χ3v) is 11.3. The van der Waals surface area contributed by atoms with E-state index in [9.17, 15) is 0 Å². The van der Waals surface area contributed by atoms with Gasteiger partial charge in [-0.15, -0.1) is 0 Å². The second kappa shape index (κ2) is 16.4. The van der Waals surface area contributed by atoms with Gasteiger partial charge in [0.1, 0.15) is 0 Å². The Morgan fingerprint density at radius 3 is 1.54 bits per heavy atom. The first-order valence-electron chi connectivity index (χ1n) is 17.3. The molecule has 3 aliphatic rings. The molecular formula is C37H62. The van der Waals surface area contributed by atoms with E-state index in [0.717, 1.165) is 35.5 Å². The Morgan fingerprint density at radius 2 is 0.973 bits per heavy atom. The van der Waals surface area contributed by atoms with Crippen LogP contribution in [0, 0.1) is 29.6 Å². The molecule has 0 radical (unpaired) electrons. The van der Waals surface area contributed by atoms with Gasteiger partial charge in [0.05, 0.1) is 0 Å². The standard InChI is InChI=1S/C37H62/c1-3-5-7-8-9-11-31-16-24-35(25-17-31)37-28-20-33(21-29-37)13-12-32-18-26-36(27-19-32)34-22-14-30(15-23-34)10-6-4-2/h20-21,28-32,34-36H,3-19,22-27H2,1-2H3/t30-,31-,32-,34-,35-,36-. The van der Waals surface area contributed by atoms with Crippen LogP contribution in [0.3, 0.4) is 0 Å². The summed E-state index contributed by atoms with van der Waals surface area (Å²) >= 11 is 0. The monoisotopic (exact) mass is 506 g/mol. The van der Waals surface area contributed by atoms with Gasteiger partial charge in [-0.2, -0.15) is 0 Å². The average Bonchev–Trinajstić information content (AvgIpc) is 2.96. The zero-order valence-electron chi connectivity index (χ0n) is 25.0. The molecule has 0 nitrogen and oxygen atoms in total. The zero-order valence-corrected chi connectivity index (χ0v) is 25.0. The molecule has 0 heteroatoms. The minimum Gasteiger partial charge on any atom is -0.0654 e. The normalized spacial score (nSPS) is 30.9. The molecule has 210 valence electrons. The Labute approximate surface area is 232 Å². The van der Waals surface area contributed by atoms with Crippen LogP contribution in [0.5, 0.6) is 0 Å². The van der Waals surface area contributed by atoms with Crippen molar-refractivity contribution in [1.82, 2.24) is 0 Å². The second-order valence-electron chi connectivity index (χ2n) is 13.9. The molecule has 37 heavy (non-hydrogen) atoms. The molecule has 0 aliphatic heterocycles. The quantitative estimate of drug-likeness (QED) is 0.220. The van der Waals surface area contributed by atoms with Gasteiger partial charge in [0, 0.05) is 0 Å². The summed E-state index contributed by atoms with van der Waals surface area (Å²) < 4.78 is 0. The van der Waals surface area contributed by atoms with Gasteiger partial charge in [0.25, 0.3) is 0 Å². The van der Waals surface area contributed by atoms with Gasteiger partial charge in [-0.1, -0.05) is 122 Å². The van der Waals surface area contributed by atoms with Crippen molar-refractivity contribution < 1.29 is 0 Å². The van der Waals surface area contributed by atoms with Crippen molar-refractivity contribution in [2.45, 2.75) is 167 Å². The summed E-state index contributed by atoms with van der Waals surface area (Å²) in [7, 11) is 0. The highest BCUT2D eigenvalue weighted by Crippen LogP contribution is 2.43. The Morgan fingerprint density at radius 1 is 0.486 bits per heavy atom. The first-order valence-corrected chi connectivity index (χ1v) is 17.3. The number of rotatable bonds is 14. The maximum atomic E-state index is 2.50. The molecule has 1 aromatic rings. The predicted molar refractivity (Wildman–Crippen MR) is 163 cm³/mol. The number of benzene rings is 1. The summed E-state index contributed by atoms with van der Waals surface area (Å²) in [6.07, 6.45) is 33.9. The Bertz CT molecular complexity index is 692. The number of aryl methyl sites for hydroxylation is 1. The van der Waals surface area contributed by atoms with Crippen molar-refractivity contribution in [3.05, 3.63) is 35.4 Å². The molecule has 0 bridgehead atoms. The molecule has 0 unspecified atom stereocenters. The van der Waals surface area contributed by atoms with Crippen LogP contribution in [0.25, 0.3) is 0 Å². The Kier molecular flexibility index (Phi) is 12.9. The first-order chi connectivity index (χ1) is 18.2. The second-order valence-corrected chi connectivity index (χ2v) is 13.9. The van der Waals surface area contributed by atoms with E-state index in [1.165, 1.54) is 122 Å². The molecule has 0 saturated heterocycles. The number of hydrogen-bond donors (Lipinski definition) is 0. The fraction of sp³-hybridized carbons (Fsp3) is 0.838. The lowest BCUT2D eigenvalue weighted by molar-refractivity contribution is 0.140. The summed E-state index contributed by atoms with van der Waals surface area (Å²) in [5, 5.41) is 0. The van der Waals surface area contributed by atoms with Crippen LogP contribution < -0.4 is 0 Å². The number of unbranched alkanes of at least 4 members (excludes halogenated alkanes) is 5. The first kappa shape index (κ1) is 29.2. The molecule has 3 aliphatic carbocycles. The molecule has 0 N–H and O–H groups in total. The largest absolute Gasteiger partial charge is 0.0654 e. The summed E-state index contributed by atoms with van der Waals surface area (Å²) in [5.74, 6) is 6.06. The van der Waals surface area contributed by atoms with Gasteiger partial charge in [-0.05, 0) is 111 Å². The highest BCUT2D eigenvalue weighted by Gasteiger charge is 2.30. The Balaban J connectivity index is 1.09. The van der Waals surface area contributed by atoms with Crippen LogP contribution in [0.1, 0.15) is 172 Å². The lowest BCUT2D eigenvalue weighted by Gasteiger charge is -2.38. The molecule has 0 amide bonds. The molecule has 0 aromatic heterocycles. The third kappa shape index (κ3) is 9.72. The average molecular weight is 507 g/mol. The predicted octanol–water partition coefficient (Wildman–Crippen LogP) is 12.1. The van der Waals surface area contributed by atoms with Crippen molar-refractivity contribution in [3.8, 4) is 0 Å². The van der Waals surface area contributed by atoms with E-state index in [4.69, 9.17) is 0 Å². The molecular weight excluding hydrogens is 444 g/mol. The van der Waals surface area contributed by atoms with Crippen LogP contribution >= 0.6 is 0 Å². The molecule has 0 atom stereocenters. The van der Waals surface area contributed by atoms with Gasteiger partial charge in [-0.25, -0.2) is 0 Å². The molecule has 1 aromatic carbocycles. The van der Waals surface area contributed by atoms with Crippen molar-refractivity contribution in [2.24, 2.45) is 29.6 Å². The van der Waals surface area contributed by atoms with Crippen molar-refractivity contribution in [2.75, 3.05) is 0 Å². The van der Waals surface area contributed by atoms with E-state index in [-0.39, 0.29) is 0 Å². The molecule has 4 rings (SSSR count). The maximum Gasteiger partial charge on any atom is -0.0162 e. The smallest absolute Gasteiger partial charge is 0.0162 e. The van der Waals surface area contributed by atoms with Crippen LogP contribution in [-0.4, -0.2) is 0 Å². The topological polar surface area (TPSA) is 0 Å². The molecule has 3 fully saturated rings. The van der Waals surface area contributed by atoms with Gasteiger partial charge in [-0.3, -0.25) is 0 Å². The molecule has 0 spiro atoms. The van der Waals surface area contributed by atoms with Gasteiger partial charge in [0.15, 0.2) is 0 Å². The van der Waals surface area contributed by atoms with Gasteiger partial charge >= 0.3 is 0 Å². The van der Waals surface area contributed by atoms with Gasteiger partial charge in [0.2, 0.25) is 0 Å². The van der Waals surface area contributed by atoms with Crippen LogP contribution in [0.2, 0.25) is 0 Å². The van der Waals surface area contributed by atoms with Crippen LogP contribution in [0.4, 0.5) is 0 Å². The number of hydrogen-bond acceptors (Lipinski definition) is 0. The van der Waals surface area contributed by atoms with Crippen LogP contribution in [-0.2, 0) is 6.42 Å². The molecule has 0 heterocycles. The van der Waals surface area contributed by atoms with E-state index < -0.39 is 0 Å². The fourth-order valence-corrected chi connectivity index (χ4v) is 8.54. The van der Waals surface area contributed by atoms with E-state index in [1.54, 1.807) is 36.8 Å². The maximum absolute atomic E-state index is 2.50. The minimum atomic E-state index is 0.836. The van der Waals surface area contributed by atoms with Crippen LogP contribution in [0.15, 0.2) is 24.3 Å². The van der Waals surface area contributed by atoms with E-state index in [1.807, 2.05) is 0 Å². The third-order valence-electron chi connectivity index (χ3n) is 11.3. The summed E-state index contributed by atoms with van der Waals surface area (Å²) in [6.45, 7) is 4.67. The highest BCUT2D eigenvalue weighted by molar-refractivity contribution is 5.26. The van der Waals surface area contributed by atoms with Gasteiger partial charge < -0.3 is 0 Å². The molecule has 3 saturated carbocycles. The lowest BCUT2D eigenvalue weighted by atomic mass is 9.68.